The number of pyridine rings is 1. The second-order valence-corrected chi connectivity index (χ2v) is 8.74. The molecule has 0 spiro atoms. The highest BCUT2D eigenvalue weighted by molar-refractivity contribution is 9.09. The molecule has 2 atom stereocenters. The SMILES string of the molecule is CC1(C)O[C@H](CBr)[C@H](C(=O)Nc2ccc3cc(-c4ccccc4C(F)(F)F)[nH]c(=O)c3c2)O1. The molecule has 0 radical (unpaired) electrons. The number of H-pyrrole nitrogens is 1. The summed E-state index contributed by atoms with van der Waals surface area (Å²) in [6.07, 6.45) is -5.90. The van der Waals surface area contributed by atoms with E-state index >= 15 is 0 Å². The Morgan fingerprint density at radius 1 is 1.15 bits per heavy atom. The summed E-state index contributed by atoms with van der Waals surface area (Å²) < 4.78 is 51.6. The van der Waals surface area contributed by atoms with Crippen LogP contribution in [0.25, 0.3) is 22.0 Å². The van der Waals surface area contributed by atoms with Gasteiger partial charge in [-0.1, -0.05) is 40.2 Å². The Balaban J connectivity index is 1.65. The van der Waals surface area contributed by atoms with E-state index in [0.29, 0.717) is 16.4 Å². The number of benzene rings is 2. The number of aromatic amines is 1. The van der Waals surface area contributed by atoms with E-state index in [-0.39, 0.29) is 16.6 Å². The first-order chi connectivity index (χ1) is 15.5. The number of amides is 1. The number of ether oxygens (including phenoxy) is 2. The zero-order valence-corrected chi connectivity index (χ0v) is 19.2. The lowest BCUT2D eigenvalue weighted by atomic mass is 10.0. The Morgan fingerprint density at radius 2 is 1.88 bits per heavy atom. The summed E-state index contributed by atoms with van der Waals surface area (Å²) in [4.78, 5) is 28.0. The van der Waals surface area contributed by atoms with Crippen LogP contribution in [-0.2, 0) is 20.4 Å². The van der Waals surface area contributed by atoms with Gasteiger partial charge in [0, 0.05) is 27.7 Å². The topological polar surface area (TPSA) is 80.4 Å². The van der Waals surface area contributed by atoms with Gasteiger partial charge in [-0.25, -0.2) is 0 Å². The van der Waals surface area contributed by atoms with Gasteiger partial charge in [0.05, 0.1) is 5.56 Å². The summed E-state index contributed by atoms with van der Waals surface area (Å²) in [6, 6.07) is 11.1. The number of aromatic nitrogens is 1. The van der Waals surface area contributed by atoms with Crippen LogP contribution in [-0.4, -0.2) is 34.2 Å². The minimum absolute atomic E-state index is 0.0520. The van der Waals surface area contributed by atoms with Gasteiger partial charge in [-0.3, -0.25) is 9.59 Å². The van der Waals surface area contributed by atoms with E-state index in [1.807, 2.05) is 0 Å². The van der Waals surface area contributed by atoms with Crippen LogP contribution in [0, 0.1) is 0 Å². The number of rotatable bonds is 4. The third-order valence-electron chi connectivity index (χ3n) is 5.23. The van der Waals surface area contributed by atoms with Gasteiger partial charge < -0.3 is 19.8 Å². The fraction of sp³-hybridized carbons (Fsp3) is 0.304. The van der Waals surface area contributed by atoms with Gasteiger partial charge >= 0.3 is 6.18 Å². The van der Waals surface area contributed by atoms with Crippen LogP contribution in [0.5, 0.6) is 0 Å². The Kier molecular flexibility index (Phi) is 6.10. The van der Waals surface area contributed by atoms with Crippen molar-refractivity contribution in [3.05, 3.63) is 64.4 Å². The maximum Gasteiger partial charge on any atom is 0.417 e. The van der Waals surface area contributed by atoms with E-state index in [9.17, 15) is 22.8 Å². The first-order valence-electron chi connectivity index (χ1n) is 10.0. The van der Waals surface area contributed by atoms with Gasteiger partial charge in [-0.15, -0.1) is 0 Å². The molecule has 1 aromatic heterocycles. The van der Waals surface area contributed by atoms with Crippen LogP contribution >= 0.6 is 15.9 Å². The summed E-state index contributed by atoms with van der Waals surface area (Å²) in [5, 5.41) is 3.77. The summed E-state index contributed by atoms with van der Waals surface area (Å²) >= 11 is 3.31. The van der Waals surface area contributed by atoms with Crippen molar-refractivity contribution in [1.29, 1.82) is 0 Å². The molecular formula is C23H20BrF3N2O4. The molecule has 174 valence electrons. The third-order valence-corrected chi connectivity index (χ3v) is 5.87. The molecular weight excluding hydrogens is 505 g/mol. The van der Waals surface area contributed by atoms with Gasteiger partial charge in [0.1, 0.15) is 6.10 Å². The Bertz CT molecular complexity index is 1270. The number of carbonyl (C=O) groups excluding carboxylic acids is 1. The van der Waals surface area contributed by atoms with Crippen molar-refractivity contribution in [2.24, 2.45) is 0 Å². The molecule has 3 aromatic rings. The number of carbonyl (C=O) groups is 1. The number of anilines is 1. The molecule has 1 fully saturated rings. The maximum atomic E-state index is 13.4. The standard InChI is InChI=1S/C23H20BrF3N2O4/c1-22(2)32-18(11-24)19(33-22)21(31)28-13-8-7-12-9-17(29-20(30)15(12)10-13)14-5-3-4-6-16(14)23(25,26)27/h3-10,18-19H,11H2,1-2H3,(H,28,31)(H,29,30)/t18-,19-/m1/s1. The molecule has 2 N–H and O–H groups in total. The number of alkyl halides is 4. The lowest BCUT2D eigenvalue weighted by Gasteiger charge is -2.17. The molecule has 0 aliphatic carbocycles. The Hall–Kier alpha value is -2.69. The molecule has 6 nitrogen and oxygen atoms in total. The summed E-state index contributed by atoms with van der Waals surface area (Å²) in [6.45, 7) is 3.42. The van der Waals surface area contributed by atoms with Crippen LogP contribution in [0.1, 0.15) is 19.4 Å². The Morgan fingerprint density at radius 3 is 2.58 bits per heavy atom. The third kappa shape index (κ3) is 4.83. The molecule has 1 amide bonds. The highest BCUT2D eigenvalue weighted by atomic mass is 79.9. The minimum atomic E-state index is -4.57. The molecule has 2 aromatic carbocycles. The fourth-order valence-electron chi connectivity index (χ4n) is 3.83. The highest BCUT2D eigenvalue weighted by Gasteiger charge is 2.44. The second-order valence-electron chi connectivity index (χ2n) is 8.10. The smallest absolute Gasteiger partial charge is 0.343 e. The van der Waals surface area contributed by atoms with Crippen molar-refractivity contribution < 1.29 is 27.4 Å². The van der Waals surface area contributed by atoms with Gasteiger partial charge in [0.2, 0.25) is 0 Å². The first-order valence-corrected chi connectivity index (χ1v) is 11.2. The van der Waals surface area contributed by atoms with Gasteiger partial charge in [0.25, 0.3) is 11.5 Å². The van der Waals surface area contributed by atoms with Crippen LogP contribution in [0.15, 0.2) is 53.3 Å². The van der Waals surface area contributed by atoms with Crippen molar-refractivity contribution in [2.45, 2.75) is 38.0 Å². The summed E-state index contributed by atoms with van der Waals surface area (Å²) in [7, 11) is 0. The minimum Gasteiger partial charge on any atom is -0.343 e. The van der Waals surface area contributed by atoms with Crippen molar-refractivity contribution in [2.75, 3.05) is 10.6 Å². The molecule has 0 saturated carbocycles. The molecule has 1 saturated heterocycles. The van der Waals surface area contributed by atoms with E-state index in [1.54, 1.807) is 26.0 Å². The second kappa shape index (κ2) is 8.58. The highest BCUT2D eigenvalue weighted by Crippen LogP contribution is 2.36. The van der Waals surface area contributed by atoms with E-state index < -0.39 is 41.2 Å². The van der Waals surface area contributed by atoms with Gasteiger partial charge in [-0.05, 0) is 43.5 Å². The lowest BCUT2D eigenvalue weighted by molar-refractivity contribution is -0.152. The molecule has 0 unspecified atom stereocenters. The average Bonchev–Trinajstić information content (AvgIpc) is 3.08. The van der Waals surface area contributed by atoms with Crippen molar-refractivity contribution in [1.82, 2.24) is 4.98 Å². The van der Waals surface area contributed by atoms with Crippen LogP contribution in [0.2, 0.25) is 0 Å². The first kappa shape index (κ1) is 23.5. The van der Waals surface area contributed by atoms with E-state index in [0.717, 1.165) is 6.07 Å². The number of hydrogen-bond donors (Lipinski definition) is 2. The molecule has 1 aliphatic heterocycles. The number of hydrogen-bond acceptors (Lipinski definition) is 4. The largest absolute Gasteiger partial charge is 0.417 e. The predicted molar refractivity (Wildman–Crippen MR) is 121 cm³/mol. The molecule has 2 heterocycles. The van der Waals surface area contributed by atoms with Crippen molar-refractivity contribution >= 4 is 38.3 Å². The van der Waals surface area contributed by atoms with Crippen LogP contribution < -0.4 is 10.9 Å². The van der Waals surface area contributed by atoms with E-state index in [1.165, 1.54) is 30.3 Å². The molecule has 0 bridgehead atoms. The molecule has 33 heavy (non-hydrogen) atoms. The van der Waals surface area contributed by atoms with E-state index in [2.05, 4.69) is 26.2 Å². The Labute approximate surface area is 195 Å². The number of fused-ring (bicyclic) bond motifs is 1. The normalized spacial score (nSPS) is 20.2. The van der Waals surface area contributed by atoms with Gasteiger partial charge in [-0.2, -0.15) is 13.2 Å². The quantitative estimate of drug-likeness (QED) is 0.467. The van der Waals surface area contributed by atoms with Crippen LogP contribution in [0.4, 0.5) is 18.9 Å². The molecule has 4 rings (SSSR count). The number of halogens is 4. The van der Waals surface area contributed by atoms with Crippen molar-refractivity contribution in [3.63, 3.8) is 0 Å². The zero-order chi connectivity index (χ0) is 24.0. The maximum absolute atomic E-state index is 13.4. The summed E-state index contributed by atoms with van der Waals surface area (Å²) in [5.41, 5.74) is -1.13. The summed E-state index contributed by atoms with van der Waals surface area (Å²) in [5.74, 6) is -1.35. The number of nitrogens with one attached hydrogen (secondary N) is 2. The molecule has 10 heteroatoms. The van der Waals surface area contributed by atoms with E-state index in [4.69, 9.17) is 9.47 Å². The van der Waals surface area contributed by atoms with Crippen molar-refractivity contribution in [3.8, 4) is 11.3 Å². The predicted octanol–water partition coefficient (Wildman–Crippen LogP) is 5.07. The average molecular weight is 525 g/mol. The zero-order valence-electron chi connectivity index (χ0n) is 17.6. The monoisotopic (exact) mass is 524 g/mol. The van der Waals surface area contributed by atoms with Crippen LogP contribution in [0.3, 0.4) is 0 Å². The van der Waals surface area contributed by atoms with Gasteiger partial charge in [0.15, 0.2) is 11.9 Å². The molecule has 1 aliphatic rings. The fourth-order valence-corrected chi connectivity index (χ4v) is 4.30. The lowest BCUT2D eigenvalue weighted by Crippen LogP contribution is -2.37.